The summed E-state index contributed by atoms with van der Waals surface area (Å²) in [6.07, 6.45) is -4.25. The lowest BCUT2D eigenvalue weighted by atomic mass is 10.0. The van der Waals surface area contributed by atoms with Crippen molar-refractivity contribution in [1.29, 1.82) is 0 Å². The summed E-state index contributed by atoms with van der Waals surface area (Å²) in [5, 5.41) is 3.19. The minimum atomic E-state index is -2.98. The summed E-state index contributed by atoms with van der Waals surface area (Å²) in [6, 6.07) is 2.88. The van der Waals surface area contributed by atoms with Crippen molar-refractivity contribution in [2.45, 2.75) is 58.0 Å². The second-order valence-corrected chi connectivity index (χ2v) is 8.27. The zero-order valence-electron chi connectivity index (χ0n) is 18.7. The van der Waals surface area contributed by atoms with Crippen LogP contribution in [0.25, 0.3) is 10.9 Å². The maximum Gasteiger partial charge on any atom is 0.295 e. The van der Waals surface area contributed by atoms with Crippen LogP contribution < -0.4 is 15.6 Å². The molecule has 34 heavy (non-hydrogen) atoms. The van der Waals surface area contributed by atoms with Crippen molar-refractivity contribution in [3.63, 3.8) is 0 Å². The maximum absolute atomic E-state index is 14.7. The van der Waals surface area contributed by atoms with Crippen molar-refractivity contribution in [1.82, 2.24) is 14.5 Å². The Morgan fingerprint density at radius 1 is 1.18 bits per heavy atom. The molecule has 0 radical (unpaired) electrons. The van der Waals surface area contributed by atoms with E-state index in [-0.39, 0.29) is 53.3 Å². The highest BCUT2D eigenvalue weighted by molar-refractivity contribution is 5.92. The molecule has 0 aliphatic heterocycles. The molecule has 2 aromatic heterocycles. The number of alkyl halides is 4. The number of fused-ring (bicyclic) bond motifs is 1. The number of aryl methyl sites for hydroxylation is 1. The van der Waals surface area contributed by atoms with Gasteiger partial charge in [0, 0.05) is 11.8 Å². The van der Waals surface area contributed by atoms with E-state index in [9.17, 15) is 26.7 Å². The lowest BCUT2D eigenvalue weighted by Gasteiger charge is -2.22. The van der Waals surface area contributed by atoms with Crippen molar-refractivity contribution < 1.29 is 26.7 Å². The molecule has 1 atom stereocenters. The molecule has 3 aromatic rings. The number of pyridine rings is 1. The van der Waals surface area contributed by atoms with Crippen LogP contribution in [0.3, 0.4) is 0 Å². The molecule has 182 valence electrons. The Labute approximate surface area is 191 Å². The van der Waals surface area contributed by atoms with Gasteiger partial charge in [-0.1, -0.05) is 18.2 Å². The van der Waals surface area contributed by atoms with Gasteiger partial charge < -0.3 is 10.1 Å². The summed E-state index contributed by atoms with van der Waals surface area (Å²) in [4.78, 5) is 21.7. The average molecular weight is 482 g/mol. The van der Waals surface area contributed by atoms with Crippen molar-refractivity contribution in [3.8, 4) is 5.75 Å². The topological polar surface area (TPSA) is 69.0 Å². The minimum Gasteiger partial charge on any atom is -0.487 e. The Bertz CT molecular complexity index is 1290. The summed E-state index contributed by atoms with van der Waals surface area (Å²) >= 11 is 0. The molecule has 0 saturated heterocycles. The van der Waals surface area contributed by atoms with Crippen LogP contribution in [0.2, 0.25) is 0 Å². The Balaban J connectivity index is 1.88. The van der Waals surface area contributed by atoms with Crippen molar-refractivity contribution in [3.05, 3.63) is 57.5 Å². The molecule has 1 fully saturated rings. The molecule has 1 aliphatic rings. The molecular weight excluding hydrogens is 459 g/mol. The lowest BCUT2D eigenvalue weighted by Crippen LogP contribution is -2.36. The Morgan fingerprint density at radius 2 is 1.85 bits per heavy atom. The fourth-order valence-electron chi connectivity index (χ4n) is 4.04. The van der Waals surface area contributed by atoms with Gasteiger partial charge in [0.25, 0.3) is 18.4 Å². The second kappa shape index (κ2) is 8.84. The van der Waals surface area contributed by atoms with Gasteiger partial charge in [0.1, 0.15) is 28.5 Å². The number of nitrogens with one attached hydrogen (secondary N) is 1. The molecule has 1 aromatic carbocycles. The molecule has 0 unspecified atom stereocenters. The highest BCUT2D eigenvalue weighted by Gasteiger charge is 2.54. The minimum absolute atomic E-state index is 0.0215. The van der Waals surface area contributed by atoms with E-state index < -0.39 is 41.4 Å². The third kappa shape index (κ3) is 3.97. The fourth-order valence-corrected chi connectivity index (χ4v) is 4.04. The molecule has 6 nitrogen and oxygen atoms in total. The first kappa shape index (κ1) is 23.9. The fraction of sp³-hybridized carbons (Fsp3) is 0.435. The number of halogens is 5. The lowest BCUT2D eigenvalue weighted by molar-refractivity contribution is 0.0649. The number of hydrogen-bond donors (Lipinski definition) is 1. The summed E-state index contributed by atoms with van der Waals surface area (Å²) < 4.78 is 75.2. The average Bonchev–Trinajstić information content (AvgIpc) is 3.57. The first-order valence-electron chi connectivity index (χ1n) is 10.8. The predicted octanol–water partition coefficient (Wildman–Crippen LogP) is 5.50. The predicted molar refractivity (Wildman–Crippen MR) is 116 cm³/mol. The second-order valence-electron chi connectivity index (χ2n) is 8.27. The molecule has 1 saturated carbocycles. The molecule has 11 heteroatoms. The molecule has 2 heterocycles. The van der Waals surface area contributed by atoms with Gasteiger partial charge in [-0.3, -0.25) is 9.36 Å². The van der Waals surface area contributed by atoms with Crippen LogP contribution >= 0.6 is 0 Å². The van der Waals surface area contributed by atoms with Gasteiger partial charge in [0.15, 0.2) is 0 Å². The summed E-state index contributed by atoms with van der Waals surface area (Å²) in [6.45, 7) is 4.87. The normalized spacial score (nSPS) is 15.7. The van der Waals surface area contributed by atoms with Crippen LogP contribution in [0, 0.1) is 12.7 Å². The molecule has 1 N–H and O–H groups in total. The van der Waals surface area contributed by atoms with Crippen LogP contribution in [-0.4, -0.2) is 27.6 Å². The third-order valence-corrected chi connectivity index (χ3v) is 5.99. The Kier molecular flexibility index (Phi) is 6.22. The van der Waals surface area contributed by atoms with Gasteiger partial charge in [0.05, 0.1) is 23.6 Å². The van der Waals surface area contributed by atoms with Crippen molar-refractivity contribution in [2.75, 3.05) is 11.9 Å². The van der Waals surface area contributed by atoms with E-state index in [1.165, 1.54) is 18.3 Å². The first-order chi connectivity index (χ1) is 16.1. The molecular formula is C23H23F5N4O2. The van der Waals surface area contributed by atoms with Gasteiger partial charge in [-0.15, -0.1) is 0 Å². The van der Waals surface area contributed by atoms with E-state index in [4.69, 9.17) is 4.74 Å². The number of hydrogen-bond acceptors (Lipinski definition) is 5. The van der Waals surface area contributed by atoms with Crippen LogP contribution in [0.5, 0.6) is 5.75 Å². The number of anilines is 1. The van der Waals surface area contributed by atoms with Crippen LogP contribution in [-0.2, 0) is 5.54 Å². The zero-order chi connectivity index (χ0) is 24.8. The van der Waals surface area contributed by atoms with Crippen molar-refractivity contribution in [2.24, 2.45) is 0 Å². The summed E-state index contributed by atoms with van der Waals surface area (Å²) in [5.74, 6) is -0.846. The highest BCUT2D eigenvalue weighted by atomic mass is 19.3. The van der Waals surface area contributed by atoms with E-state index in [2.05, 4.69) is 15.3 Å². The van der Waals surface area contributed by atoms with Gasteiger partial charge in [-0.05, 0) is 33.6 Å². The van der Waals surface area contributed by atoms with Gasteiger partial charge in [0.2, 0.25) is 5.75 Å². The number of aromatic nitrogens is 3. The van der Waals surface area contributed by atoms with Gasteiger partial charge in [-0.2, -0.15) is 0 Å². The summed E-state index contributed by atoms with van der Waals surface area (Å²) in [7, 11) is 0. The largest absolute Gasteiger partial charge is 0.487 e. The van der Waals surface area contributed by atoms with E-state index in [0.29, 0.717) is 0 Å². The SMILES string of the molecule is CCOc1c(=O)n(C2(C(F)F)CC2)cc2c(N[C@H](C)c3cccc(C(F)F)c3F)nc(C)nc12. The first-order valence-corrected chi connectivity index (χ1v) is 10.8. The molecule has 0 bridgehead atoms. The number of ether oxygens (including phenoxy) is 1. The van der Waals surface area contributed by atoms with E-state index >= 15 is 0 Å². The van der Waals surface area contributed by atoms with Crippen LogP contribution in [0.15, 0.2) is 29.2 Å². The van der Waals surface area contributed by atoms with E-state index in [1.807, 2.05) is 0 Å². The Hall–Kier alpha value is -3.24. The smallest absolute Gasteiger partial charge is 0.295 e. The summed E-state index contributed by atoms with van der Waals surface area (Å²) in [5.41, 5.74) is -2.98. The van der Waals surface area contributed by atoms with Crippen molar-refractivity contribution >= 4 is 16.7 Å². The highest BCUT2D eigenvalue weighted by Crippen LogP contribution is 2.48. The molecule has 0 amide bonds. The third-order valence-electron chi connectivity index (χ3n) is 5.99. The number of benzene rings is 1. The standard InChI is InChI=1S/C23H23F5N4O2/c1-4-34-18-17-15(10-32(21(18)33)23(8-9-23)22(27)28)20(31-12(3)30-17)29-11(2)13-6-5-7-14(16(13)24)19(25)26/h5-7,10-11,19,22H,4,8-9H2,1-3H3,(H,29,30,31)/t11-/m1/s1. The molecule has 4 rings (SSSR count). The van der Waals surface area contributed by atoms with Crippen LogP contribution in [0.1, 0.15) is 56.1 Å². The van der Waals surface area contributed by atoms with Gasteiger partial charge in [-0.25, -0.2) is 31.9 Å². The van der Waals surface area contributed by atoms with Crippen LogP contribution in [0.4, 0.5) is 27.8 Å². The quantitative estimate of drug-likeness (QED) is 0.430. The molecule has 1 aliphatic carbocycles. The monoisotopic (exact) mass is 482 g/mol. The number of nitrogens with zero attached hydrogens (tertiary/aromatic N) is 3. The maximum atomic E-state index is 14.7. The van der Waals surface area contributed by atoms with E-state index in [1.54, 1.807) is 20.8 Å². The number of rotatable bonds is 8. The Morgan fingerprint density at radius 3 is 2.44 bits per heavy atom. The molecule has 0 spiro atoms. The van der Waals surface area contributed by atoms with E-state index in [0.717, 1.165) is 10.6 Å². The zero-order valence-corrected chi connectivity index (χ0v) is 18.7. The van der Waals surface area contributed by atoms with Gasteiger partial charge >= 0.3 is 0 Å².